The van der Waals surface area contributed by atoms with Crippen molar-refractivity contribution in [3.63, 3.8) is 0 Å². The standard InChI is InChI=1S/C42H37NO/c1-26(2)36-22-32(31-20-18-30(19-21-31)29-12-7-6-8-13-29)23-37(27(3)4)41(36)38-24-39(43-25-28(38)5)35-16-11-15-34-33-14-9-10-17-40(33)44-42(34)35/h6-27H,1-5H3. The average molecular weight is 572 g/mol. The second-order valence-electron chi connectivity index (χ2n) is 12.4. The van der Waals surface area contributed by atoms with Crippen molar-refractivity contribution in [2.45, 2.75) is 46.5 Å². The molecule has 0 amide bonds. The first-order valence-electron chi connectivity index (χ1n) is 15.6. The van der Waals surface area contributed by atoms with Crippen molar-refractivity contribution in [2.24, 2.45) is 0 Å². The van der Waals surface area contributed by atoms with E-state index in [1.165, 1.54) is 50.1 Å². The summed E-state index contributed by atoms with van der Waals surface area (Å²) in [5.41, 5.74) is 15.2. The van der Waals surface area contributed by atoms with Gasteiger partial charge in [0.15, 0.2) is 0 Å². The highest BCUT2D eigenvalue weighted by Crippen LogP contribution is 2.43. The molecule has 0 radical (unpaired) electrons. The second-order valence-corrected chi connectivity index (χ2v) is 12.4. The van der Waals surface area contributed by atoms with E-state index in [-0.39, 0.29) is 0 Å². The van der Waals surface area contributed by atoms with Gasteiger partial charge < -0.3 is 4.42 Å². The van der Waals surface area contributed by atoms with Gasteiger partial charge in [-0.1, -0.05) is 125 Å². The summed E-state index contributed by atoms with van der Waals surface area (Å²) >= 11 is 0. The number of benzene rings is 5. The first kappa shape index (κ1) is 27.9. The topological polar surface area (TPSA) is 26.0 Å². The van der Waals surface area contributed by atoms with Crippen LogP contribution in [0.3, 0.4) is 0 Å². The molecule has 2 aromatic heterocycles. The number of para-hydroxylation sites is 2. The Labute approximate surface area is 260 Å². The molecule has 2 nitrogen and oxygen atoms in total. The van der Waals surface area contributed by atoms with Crippen LogP contribution in [0, 0.1) is 6.92 Å². The third-order valence-corrected chi connectivity index (χ3v) is 8.82. The van der Waals surface area contributed by atoms with E-state index < -0.39 is 0 Å². The molecule has 0 bridgehead atoms. The molecule has 0 unspecified atom stereocenters. The van der Waals surface area contributed by atoms with Crippen molar-refractivity contribution < 1.29 is 4.42 Å². The molecule has 5 aromatic carbocycles. The van der Waals surface area contributed by atoms with Gasteiger partial charge >= 0.3 is 0 Å². The number of rotatable bonds is 6. The lowest BCUT2D eigenvalue weighted by molar-refractivity contribution is 0.670. The lowest BCUT2D eigenvalue weighted by atomic mass is 9.81. The fourth-order valence-corrected chi connectivity index (χ4v) is 6.45. The smallest absolute Gasteiger partial charge is 0.144 e. The highest BCUT2D eigenvalue weighted by atomic mass is 16.3. The van der Waals surface area contributed by atoms with E-state index in [1.54, 1.807) is 0 Å². The number of nitrogens with zero attached hydrogens (tertiary/aromatic N) is 1. The van der Waals surface area contributed by atoms with Crippen molar-refractivity contribution in [1.29, 1.82) is 0 Å². The van der Waals surface area contributed by atoms with E-state index in [0.29, 0.717) is 11.8 Å². The third-order valence-electron chi connectivity index (χ3n) is 8.82. The molecule has 2 heteroatoms. The number of hydrogen-bond donors (Lipinski definition) is 0. The zero-order chi connectivity index (χ0) is 30.4. The quantitative estimate of drug-likeness (QED) is 0.198. The summed E-state index contributed by atoms with van der Waals surface area (Å²) < 4.78 is 6.40. The number of furan rings is 1. The summed E-state index contributed by atoms with van der Waals surface area (Å²) in [6, 6.07) is 41.3. The summed E-state index contributed by atoms with van der Waals surface area (Å²) in [5.74, 6) is 0.696. The van der Waals surface area contributed by atoms with Crippen LogP contribution in [0.1, 0.15) is 56.2 Å². The number of aromatic nitrogens is 1. The van der Waals surface area contributed by atoms with Gasteiger partial charge in [-0.05, 0) is 87.0 Å². The Morgan fingerprint density at radius 1 is 0.545 bits per heavy atom. The van der Waals surface area contributed by atoms with E-state index >= 15 is 0 Å². The largest absolute Gasteiger partial charge is 0.455 e. The SMILES string of the molecule is Cc1cnc(-c2cccc3c2oc2ccccc23)cc1-c1c(C(C)C)cc(-c2ccc(-c3ccccc3)cc2)cc1C(C)C. The highest BCUT2D eigenvalue weighted by Gasteiger charge is 2.21. The summed E-state index contributed by atoms with van der Waals surface area (Å²) in [6.07, 6.45) is 2.02. The van der Waals surface area contributed by atoms with Gasteiger partial charge in [0, 0.05) is 22.5 Å². The molecule has 0 saturated heterocycles. The van der Waals surface area contributed by atoms with Crippen LogP contribution in [0.2, 0.25) is 0 Å². The summed E-state index contributed by atoms with van der Waals surface area (Å²) in [6.45, 7) is 11.4. The molecule has 0 aliphatic heterocycles. The molecule has 0 N–H and O–H groups in total. The Morgan fingerprint density at radius 2 is 1.14 bits per heavy atom. The van der Waals surface area contributed by atoms with Gasteiger partial charge in [-0.25, -0.2) is 0 Å². The van der Waals surface area contributed by atoms with Gasteiger partial charge in [0.05, 0.1) is 5.69 Å². The van der Waals surface area contributed by atoms with Crippen LogP contribution < -0.4 is 0 Å². The van der Waals surface area contributed by atoms with Crippen molar-refractivity contribution >= 4 is 21.9 Å². The fourth-order valence-electron chi connectivity index (χ4n) is 6.45. The fraction of sp³-hybridized carbons (Fsp3) is 0.167. The lowest BCUT2D eigenvalue weighted by Crippen LogP contribution is -2.03. The Bertz CT molecular complexity index is 2090. The van der Waals surface area contributed by atoms with Crippen molar-refractivity contribution in [3.8, 4) is 44.6 Å². The zero-order valence-electron chi connectivity index (χ0n) is 26.1. The summed E-state index contributed by atoms with van der Waals surface area (Å²) in [4.78, 5) is 4.94. The molecule has 0 atom stereocenters. The molecule has 0 aliphatic rings. The van der Waals surface area contributed by atoms with Crippen molar-refractivity contribution in [2.75, 3.05) is 0 Å². The lowest BCUT2D eigenvalue weighted by Gasteiger charge is -2.24. The predicted octanol–water partition coefficient (Wildman–Crippen LogP) is 12.2. The normalized spacial score (nSPS) is 11.7. The maximum atomic E-state index is 6.40. The molecule has 7 aromatic rings. The van der Waals surface area contributed by atoms with Crippen LogP contribution in [0.4, 0.5) is 0 Å². The van der Waals surface area contributed by atoms with E-state index in [2.05, 4.69) is 138 Å². The molecule has 0 fully saturated rings. The maximum absolute atomic E-state index is 6.40. The molecular weight excluding hydrogens is 534 g/mol. The summed E-state index contributed by atoms with van der Waals surface area (Å²) in [5, 5.41) is 2.25. The van der Waals surface area contributed by atoms with E-state index in [1.807, 2.05) is 18.3 Å². The molecule has 44 heavy (non-hydrogen) atoms. The maximum Gasteiger partial charge on any atom is 0.144 e. The van der Waals surface area contributed by atoms with Gasteiger partial charge in [-0.2, -0.15) is 0 Å². The number of pyridine rings is 1. The van der Waals surface area contributed by atoms with Gasteiger partial charge in [0.2, 0.25) is 0 Å². The zero-order valence-corrected chi connectivity index (χ0v) is 26.1. The molecule has 0 saturated carbocycles. The van der Waals surface area contributed by atoms with Crippen molar-refractivity contribution in [3.05, 3.63) is 138 Å². The Balaban J connectivity index is 1.38. The minimum atomic E-state index is 0.348. The van der Waals surface area contributed by atoms with Crippen LogP contribution in [-0.4, -0.2) is 4.98 Å². The molecule has 216 valence electrons. The summed E-state index contributed by atoms with van der Waals surface area (Å²) in [7, 11) is 0. The third kappa shape index (κ3) is 4.91. The molecule has 2 heterocycles. The minimum Gasteiger partial charge on any atom is -0.455 e. The second kappa shape index (κ2) is 11.3. The monoisotopic (exact) mass is 571 g/mol. The Hall–Kier alpha value is -4.95. The van der Waals surface area contributed by atoms with Crippen LogP contribution in [0.15, 0.2) is 126 Å². The van der Waals surface area contributed by atoms with Crippen LogP contribution in [0.5, 0.6) is 0 Å². The molecule has 7 rings (SSSR count). The van der Waals surface area contributed by atoms with Crippen LogP contribution in [-0.2, 0) is 0 Å². The van der Waals surface area contributed by atoms with Gasteiger partial charge in [-0.15, -0.1) is 0 Å². The van der Waals surface area contributed by atoms with Crippen LogP contribution >= 0.6 is 0 Å². The molecule has 0 spiro atoms. The predicted molar refractivity (Wildman–Crippen MR) is 186 cm³/mol. The van der Waals surface area contributed by atoms with E-state index in [9.17, 15) is 0 Å². The van der Waals surface area contributed by atoms with Crippen molar-refractivity contribution in [1.82, 2.24) is 4.98 Å². The average Bonchev–Trinajstić information content (AvgIpc) is 3.44. The Morgan fingerprint density at radius 3 is 1.82 bits per heavy atom. The van der Waals surface area contributed by atoms with Gasteiger partial charge in [0.25, 0.3) is 0 Å². The molecule has 0 aliphatic carbocycles. The molecular formula is C42H37NO. The first-order chi connectivity index (χ1) is 21.4. The minimum absolute atomic E-state index is 0.348. The number of aryl methyl sites for hydroxylation is 1. The van der Waals surface area contributed by atoms with Crippen LogP contribution in [0.25, 0.3) is 66.6 Å². The Kier molecular flexibility index (Phi) is 7.14. The van der Waals surface area contributed by atoms with Gasteiger partial charge in [-0.3, -0.25) is 4.98 Å². The van der Waals surface area contributed by atoms with E-state index in [0.717, 1.165) is 33.2 Å². The first-order valence-corrected chi connectivity index (χ1v) is 15.6. The van der Waals surface area contributed by atoms with Gasteiger partial charge in [0.1, 0.15) is 11.2 Å². The van der Waals surface area contributed by atoms with E-state index in [4.69, 9.17) is 9.40 Å². The highest BCUT2D eigenvalue weighted by molar-refractivity contribution is 6.09. The number of hydrogen-bond acceptors (Lipinski definition) is 2. The number of fused-ring (bicyclic) bond motifs is 3.